The maximum Gasteiger partial charge on any atom is 0.416 e. The monoisotopic (exact) mass is 472 g/mol. The third kappa shape index (κ3) is 4.49. The SMILES string of the molecule is O=C(CCn1nnc2cc(-c3noc(-c4ccc(C(F)(F)F)cc4)n3)ccc21)N1CCOCC1. The molecule has 5 rings (SSSR count). The van der Waals surface area contributed by atoms with Gasteiger partial charge in [0, 0.05) is 30.6 Å². The van der Waals surface area contributed by atoms with Crippen LogP contribution in [-0.2, 0) is 22.3 Å². The molecule has 0 N–H and O–H groups in total. The Kier molecular flexibility index (Phi) is 5.74. The van der Waals surface area contributed by atoms with E-state index < -0.39 is 11.7 Å². The molecule has 0 saturated carbocycles. The fourth-order valence-corrected chi connectivity index (χ4v) is 3.71. The van der Waals surface area contributed by atoms with Crippen LogP contribution < -0.4 is 0 Å². The van der Waals surface area contributed by atoms with Crippen LogP contribution in [0.25, 0.3) is 33.9 Å². The Labute approximate surface area is 191 Å². The van der Waals surface area contributed by atoms with Crippen LogP contribution in [0.4, 0.5) is 13.2 Å². The Balaban J connectivity index is 1.30. The lowest BCUT2D eigenvalue weighted by Gasteiger charge is -2.26. The number of aromatic nitrogens is 5. The number of fused-ring (bicyclic) bond motifs is 1. The first-order valence-electron chi connectivity index (χ1n) is 10.6. The highest BCUT2D eigenvalue weighted by atomic mass is 19.4. The van der Waals surface area contributed by atoms with Gasteiger partial charge in [0.25, 0.3) is 5.89 Å². The Morgan fingerprint density at radius 1 is 1.03 bits per heavy atom. The fraction of sp³-hybridized carbons (Fsp3) is 0.318. The van der Waals surface area contributed by atoms with E-state index in [0.717, 1.165) is 17.6 Å². The summed E-state index contributed by atoms with van der Waals surface area (Å²) in [5, 5.41) is 12.2. The van der Waals surface area contributed by atoms with Crippen molar-refractivity contribution in [1.82, 2.24) is 30.0 Å². The minimum atomic E-state index is -4.42. The van der Waals surface area contributed by atoms with Crippen molar-refractivity contribution in [2.45, 2.75) is 19.1 Å². The molecule has 9 nitrogen and oxygen atoms in total. The summed E-state index contributed by atoms with van der Waals surface area (Å²) in [5.74, 6) is 0.425. The highest BCUT2D eigenvalue weighted by Crippen LogP contribution is 2.31. The van der Waals surface area contributed by atoms with E-state index in [1.54, 1.807) is 27.8 Å². The van der Waals surface area contributed by atoms with Crippen molar-refractivity contribution in [3.8, 4) is 22.8 Å². The Morgan fingerprint density at radius 2 is 1.76 bits per heavy atom. The van der Waals surface area contributed by atoms with Gasteiger partial charge in [0.15, 0.2) is 0 Å². The number of ether oxygens (including phenoxy) is 1. The maximum atomic E-state index is 12.8. The first kappa shape index (κ1) is 22.0. The van der Waals surface area contributed by atoms with Crippen LogP contribution >= 0.6 is 0 Å². The van der Waals surface area contributed by atoms with Crippen molar-refractivity contribution in [2.24, 2.45) is 0 Å². The Bertz CT molecular complexity index is 1310. The van der Waals surface area contributed by atoms with Gasteiger partial charge in [-0.05, 0) is 42.5 Å². The van der Waals surface area contributed by atoms with Crippen molar-refractivity contribution in [3.63, 3.8) is 0 Å². The maximum absolute atomic E-state index is 12.8. The molecule has 0 unspecified atom stereocenters. The van der Waals surface area contributed by atoms with E-state index >= 15 is 0 Å². The summed E-state index contributed by atoms with van der Waals surface area (Å²) in [5.41, 5.74) is 1.59. The normalized spacial score (nSPS) is 14.6. The number of halogens is 3. The summed E-state index contributed by atoms with van der Waals surface area (Å²) >= 11 is 0. The van der Waals surface area contributed by atoms with Gasteiger partial charge in [-0.25, -0.2) is 4.68 Å². The van der Waals surface area contributed by atoms with Crippen LogP contribution in [0.3, 0.4) is 0 Å². The van der Waals surface area contributed by atoms with Gasteiger partial charge in [0.2, 0.25) is 11.7 Å². The average Bonchev–Trinajstić information content (AvgIpc) is 3.50. The molecule has 4 aromatic rings. The van der Waals surface area contributed by atoms with Crippen LogP contribution in [0.1, 0.15) is 12.0 Å². The number of rotatable bonds is 5. The number of hydrogen-bond acceptors (Lipinski definition) is 7. The van der Waals surface area contributed by atoms with Gasteiger partial charge in [-0.3, -0.25) is 4.79 Å². The minimum Gasteiger partial charge on any atom is -0.378 e. The van der Waals surface area contributed by atoms with Gasteiger partial charge in [-0.2, -0.15) is 18.2 Å². The summed E-state index contributed by atoms with van der Waals surface area (Å²) < 4.78 is 50.5. The molecule has 0 bridgehead atoms. The van der Waals surface area contributed by atoms with Crippen molar-refractivity contribution < 1.29 is 27.2 Å². The number of benzene rings is 2. The van der Waals surface area contributed by atoms with Crippen LogP contribution in [0.5, 0.6) is 0 Å². The summed E-state index contributed by atoms with van der Waals surface area (Å²) in [6.07, 6.45) is -4.11. The number of carbonyl (C=O) groups is 1. The molecule has 1 amide bonds. The summed E-state index contributed by atoms with van der Waals surface area (Å²) in [7, 11) is 0. The number of morpholine rings is 1. The lowest BCUT2D eigenvalue weighted by atomic mass is 10.1. The van der Waals surface area contributed by atoms with Crippen LogP contribution in [0.15, 0.2) is 47.0 Å². The van der Waals surface area contributed by atoms with Gasteiger partial charge < -0.3 is 14.2 Å². The summed E-state index contributed by atoms with van der Waals surface area (Å²) in [6, 6.07) is 9.82. The van der Waals surface area contributed by atoms with E-state index in [0.29, 0.717) is 55.9 Å². The van der Waals surface area contributed by atoms with E-state index in [4.69, 9.17) is 9.26 Å². The van der Waals surface area contributed by atoms with Crippen molar-refractivity contribution in [3.05, 3.63) is 48.0 Å². The Hall–Kier alpha value is -3.80. The third-order valence-electron chi connectivity index (χ3n) is 5.56. The van der Waals surface area contributed by atoms with E-state index in [-0.39, 0.29) is 17.6 Å². The van der Waals surface area contributed by atoms with Crippen molar-refractivity contribution >= 4 is 16.9 Å². The van der Waals surface area contributed by atoms with Crippen molar-refractivity contribution in [2.75, 3.05) is 26.3 Å². The summed E-state index contributed by atoms with van der Waals surface area (Å²) in [4.78, 5) is 18.5. The summed E-state index contributed by atoms with van der Waals surface area (Å²) in [6.45, 7) is 2.69. The average molecular weight is 472 g/mol. The standard InChI is InChI=1S/C22H19F3N6O3/c23-22(24,25)16-4-1-14(2-5-16)21-26-20(28-34-21)15-3-6-18-17(13-15)27-29-31(18)8-7-19(32)30-9-11-33-12-10-30/h1-6,13H,7-12H2. The first-order valence-corrected chi connectivity index (χ1v) is 10.6. The van der Waals surface area contributed by atoms with E-state index in [1.807, 2.05) is 0 Å². The van der Waals surface area contributed by atoms with Gasteiger partial charge in [-0.15, -0.1) is 5.10 Å². The lowest BCUT2D eigenvalue weighted by molar-refractivity contribution is -0.137. The molecule has 0 aliphatic carbocycles. The zero-order valence-electron chi connectivity index (χ0n) is 17.8. The highest BCUT2D eigenvalue weighted by molar-refractivity contribution is 5.80. The molecule has 2 aromatic heterocycles. The minimum absolute atomic E-state index is 0.0474. The molecule has 12 heteroatoms. The zero-order chi connectivity index (χ0) is 23.7. The quantitative estimate of drug-likeness (QED) is 0.439. The topological polar surface area (TPSA) is 99.2 Å². The predicted molar refractivity (Wildman–Crippen MR) is 113 cm³/mol. The number of carbonyl (C=O) groups excluding carboxylic acids is 1. The third-order valence-corrected chi connectivity index (χ3v) is 5.56. The van der Waals surface area contributed by atoms with Gasteiger partial charge in [-0.1, -0.05) is 10.4 Å². The molecule has 1 aliphatic heterocycles. The van der Waals surface area contributed by atoms with Crippen LogP contribution in [-0.4, -0.2) is 62.2 Å². The largest absolute Gasteiger partial charge is 0.416 e. The Morgan fingerprint density at radius 3 is 2.50 bits per heavy atom. The number of aryl methyl sites for hydroxylation is 1. The van der Waals surface area contributed by atoms with E-state index in [2.05, 4.69) is 20.5 Å². The molecular weight excluding hydrogens is 453 g/mol. The fourth-order valence-electron chi connectivity index (χ4n) is 3.71. The smallest absolute Gasteiger partial charge is 0.378 e. The molecule has 1 fully saturated rings. The molecule has 2 aromatic carbocycles. The first-order chi connectivity index (χ1) is 16.4. The molecule has 0 atom stereocenters. The van der Waals surface area contributed by atoms with Crippen LogP contribution in [0, 0.1) is 0 Å². The predicted octanol–water partition coefficient (Wildman–Crippen LogP) is 3.42. The highest BCUT2D eigenvalue weighted by Gasteiger charge is 2.30. The lowest BCUT2D eigenvalue weighted by Crippen LogP contribution is -2.41. The second-order valence-corrected chi connectivity index (χ2v) is 7.76. The number of amides is 1. The number of nitrogens with zero attached hydrogens (tertiary/aromatic N) is 6. The molecule has 34 heavy (non-hydrogen) atoms. The molecule has 0 radical (unpaired) electrons. The molecule has 1 saturated heterocycles. The van der Waals surface area contributed by atoms with Crippen LogP contribution in [0.2, 0.25) is 0 Å². The van der Waals surface area contributed by atoms with E-state index in [1.165, 1.54) is 12.1 Å². The van der Waals surface area contributed by atoms with Crippen molar-refractivity contribution in [1.29, 1.82) is 0 Å². The van der Waals surface area contributed by atoms with Gasteiger partial charge >= 0.3 is 6.18 Å². The molecule has 1 aliphatic rings. The molecular formula is C22H19F3N6O3. The second kappa shape index (κ2) is 8.86. The van der Waals surface area contributed by atoms with E-state index in [9.17, 15) is 18.0 Å². The number of hydrogen-bond donors (Lipinski definition) is 0. The molecule has 0 spiro atoms. The second-order valence-electron chi connectivity index (χ2n) is 7.76. The van der Waals surface area contributed by atoms with Gasteiger partial charge in [0.1, 0.15) is 5.52 Å². The number of alkyl halides is 3. The van der Waals surface area contributed by atoms with Gasteiger partial charge in [0.05, 0.1) is 30.8 Å². The zero-order valence-corrected chi connectivity index (χ0v) is 17.8. The molecule has 176 valence electrons. The molecule has 3 heterocycles.